The molecule has 1 aliphatic carbocycles. The van der Waals surface area contributed by atoms with Crippen molar-refractivity contribution in [3.8, 4) is 0 Å². The molecule has 0 radical (unpaired) electrons. The molecule has 5 nitrogen and oxygen atoms in total. The highest BCUT2D eigenvalue weighted by Crippen LogP contribution is 2.43. The van der Waals surface area contributed by atoms with E-state index < -0.39 is 17.7 Å². The van der Waals surface area contributed by atoms with Crippen LogP contribution in [-0.2, 0) is 14.3 Å². The molecule has 1 heterocycles. The number of hydrogen-bond acceptors (Lipinski definition) is 4. The molecule has 2 rings (SSSR count). The molecule has 102 valence electrons. The second kappa shape index (κ2) is 4.44. The summed E-state index contributed by atoms with van der Waals surface area (Å²) in [4.78, 5) is 25.6. The predicted octanol–water partition coefficient (Wildman–Crippen LogP) is 1.95. The Balaban J connectivity index is 2.14. The Morgan fingerprint density at radius 2 is 1.89 bits per heavy atom. The first-order chi connectivity index (χ1) is 8.33. The van der Waals surface area contributed by atoms with Crippen molar-refractivity contribution < 1.29 is 19.1 Å². The number of ether oxygens (including phenoxy) is 2. The zero-order valence-corrected chi connectivity index (χ0v) is 11.4. The van der Waals surface area contributed by atoms with Crippen LogP contribution in [0.2, 0.25) is 0 Å². The lowest BCUT2D eigenvalue weighted by atomic mass is 9.99. The summed E-state index contributed by atoms with van der Waals surface area (Å²) < 4.78 is 10.2. The van der Waals surface area contributed by atoms with Gasteiger partial charge in [0.05, 0.1) is 7.11 Å². The van der Waals surface area contributed by atoms with Gasteiger partial charge in [0.25, 0.3) is 0 Å². The minimum absolute atomic E-state index is 0.133. The number of fused-ring (bicyclic) bond motifs is 2. The quantitative estimate of drug-likeness (QED) is 0.672. The van der Waals surface area contributed by atoms with Crippen LogP contribution >= 0.6 is 0 Å². The number of carbonyl (C=O) groups is 2. The summed E-state index contributed by atoms with van der Waals surface area (Å²) >= 11 is 0. The molecule has 5 heteroatoms. The van der Waals surface area contributed by atoms with Crippen molar-refractivity contribution in [2.45, 2.75) is 57.7 Å². The fraction of sp³-hybridized carbons (Fsp3) is 0.846. The molecule has 0 N–H and O–H groups in total. The first-order valence-corrected chi connectivity index (χ1v) is 6.42. The molecule has 1 amide bonds. The lowest BCUT2D eigenvalue weighted by Crippen LogP contribution is -2.51. The van der Waals surface area contributed by atoms with Gasteiger partial charge in [-0.2, -0.15) is 0 Å². The van der Waals surface area contributed by atoms with Gasteiger partial charge in [0.15, 0.2) is 0 Å². The number of amides is 1. The number of rotatable bonds is 1. The normalized spacial score (nSPS) is 30.4. The van der Waals surface area contributed by atoms with Crippen LogP contribution in [0.3, 0.4) is 0 Å². The topological polar surface area (TPSA) is 55.8 Å². The first kappa shape index (κ1) is 13.2. The van der Waals surface area contributed by atoms with Crippen LogP contribution in [0, 0.1) is 5.92 Å². The molecule has 0 spiro atoms. The fourth-order valence-corrected chi connectivity index (χ4v) is 2.99. The number of methoxy groups -OCH3 is 1. The molecule has 3 atom stereocenters. The van der Waals surface area contributed by atoms with Crippen molar-refractivity contribution in [2.75, 3.05) is 7.11 Å². The third-order valence-corrected chi connectivity index (χ3v) is 3.63. The van der Waals surface area contributed by atoms with Crippen LogP contribution < -0.4 is 0 Å². The second-order valence-corrected chi connectivity index (χ2v) is 6.08. The van der Waals surface area contributed by atoms with Gasteiger partial charge in [-0.05, 0) is 46.0 Å². The van der Waals surface area contributed by atoms with Crippen LogP contribution in [0.1, 0.15) is 40.0 Å². The molecule has 1 aliphatic heterocycles. The van der Waals surface area contributed by atoms with Gasteiger partial charge >= 0.3 is 12.1 Å². The predicted molar refractivity (Wildman–Crippen MR) is 65.0 cm³/mol. The van der Waals surface area contributed by atoms with Gasteiger partial charge in [-0.25, -0.2) is 9.59 Å². The highest BCUT2D eigenvalue weighted by Gasteiger charge is 2.53. The largest absolute Gasteiger partial charge is 0.467 e. The summed E-state index contributed by atoms with van der Waals surface area (Å²) in [5.41, 5.74) is -0.542. The molecule has 0 unspecified atom stereocenters. The van der Waals surface area contributed by atoms with Gasteiger partial charge in [-0.3, -0.25) is 4.90 Å². The Kier molecular flexibility index (Phi) is 3.25. The SMILES string of the molecule is COC(=O)[C@@H]1[C@H]2CC[C@H](C2)N1C(=O)OC(C)(C)C. The van der Waals surface area contributed by atoms with E-state index in [-0.39, 0.29) is 17.9 Å². The Labute approximate surface area is 107 Å². The summed E-state index contributed by atoms with van der Waals surface area (Å²) in [6.45, 7) is 5.48. The van der Waals surface area contributed by atoms with Gasteiger partial charge in [0.1, 0.15) is 11.6 Å². The minimum atomic E-state index is -0.542. The van der Waals surface area contributed by atoms with Crippen molar-refractivity contribution in [1.29, 1.82) is 0 Å². The van der Waals surface area contributed by atoms with Crippen LogP contribution in [0.15, 0.2) is 0 Å². The van der Waals surface area contributed by atoms with E-state index in [1.165, 1.54) is 7.11 Å². The highest BCUT2D eigenvalue weighted by molar-refractivity contribution is 5.83. The van der Waals surface area contributed by atoms with E-state index in [1.54, 1.807) is 4.90 Å². The smallest absolute Gasteiger partial charge is 0.411 e. The third-order valence-electron chi connectivity index (χ3n) is 3.63. The number of carbonyl (C=O) groups excluding carboxylic acids is 2. The summed E-state index contributed by atoms with van der Waals surface area (Å²) in [6.07, 6.45) is 2.44. The van der Waals surface area contributed by atoms with Crippen LogP contribution in [0.5, 0.6) is 0 Å². The standard InChI is InChI=1S/C13H21NO4/c1-13(2,3)18-12(16)14-9-6-5-8(7-9)10(14)11(15)17-4/h8-10H,5-7H2,1-4H3/t8-,9+,10-/m0/s1. The molecular weight excluding hydrogens is 234 g/mol. The van der Waals surface area contributed by atoms with Crippen LogP contribution in [0.4, 0.5) is 4.79 Å². The molecule has 0 aromatic rings. The number of likely N-dealkylation sites (tertiary alicyclic amines) is 1. The van der Waals surface area contributed by atoms with Gasteiger partial charge in [0.2, 0.25) is 0 Å². The molecule has 18 heavy (non-hydrogen) atoms. The highest BCUT2D eigenvalue weighted by atomic mass is 16.6. The first-order valence-electron chi connectivity index (χ1n) is 6.42. The van der Waals surface area contributed by atoms with E-state index in [1.807, 2.05) is 20.8 Å². The van der Waals surface area contributed by atoms with E-state index in [0.29, 0.717) is 0 Å². The molecule has 2 aliphatic rings. The van der Waals surface area contributed by atoms with Gasteiger partial charge in [-0.15, -0.1) is 0 Å². The molecule has 0 aromatic carbocycles. The molecule has 2 bridgehead atoms. The van der Waals surface area contributed by atoms with Crippen molar-refractivity contribution in [2.24, 2.45) is 5.92 Å². The number of piperidine rings is 1. The number of esters is 1. The van der Waals surface area contributed by atoms with Gasteiger partial charge < -0.3 is 9.47 Å². The van der Waals surface area contributed by atoms with Gasteiger partial charge in [0, 0.05) is 6.04 Å². The maximum Gasteiger partial charge on any atom is 0.411 e. The van der Waals surface area contributed by atoms with Crippen molar-refractivity contribution in [1.82, 2.24) is 4.90 Å². The van der Waals surface area contributed by atoms with Crippen LogP contribution in [-0.4, -0.2) is 41.8 Å². The average molecular weight is 255 g/mol. The Bertz CT molecular complexity index is 360. The van der Waals surface area contributed by atoms with Crippen molar-refractivity contribution >= 4 is 12.1 Å². The van der Waals surface area contributed by atoms with E-state index in [4.69, 9.17) is 9.47 Å². The lowest BCUT2D eigenvalue weighted by Gasteiger charge is -2.34. The molecule has 1 saturated heterocycles. The second-order valence-electron chi connectivity index (χ2n) is 6.08. The minimum Gasteiger partial charge on any atom is -0.467 e. The Morgan fingerprint density at radius 1 is 1.22 bits per heavy atom. The van der Waals surface area contributed by atoms with Crippen LogP contribution in [0.25, 0.3) is 0 Å². The average Bonchev–Trinajstić information content (AvgIpc) is 2.84. The molecule has 0 aromatic heterocycles. The van der Waals surface area contributed by atoms with Gasteiger partial charge in [-0.1, -0.05) is 0 Å². The maximum absolute atomic E-state index is 12.2. The fourth-order valence-electron chi connectivity index (χ4n) is 2.99. The summed E-state index contributed by atoms with van der Waals surface area (Å²) in [5.74, 6) is -0.0944. The summed E-state index contributed by atoms with van der Waals surface area (Å²) in [6, 6.07) is -0.322. The zero-order valence-electron chi connectivity index (χ0n) is 11.4. The molecular formula is C13H21NO4. The number of nitrogens with zero attached hydrogens (tertiary/aromatic N) is 1. The lowest BCUT2D eigenvalue weighted by molar-refractivity contribution is -0.148. The molecule has 2 fully saturated rings. The monoisotopic (exact) mass is 255 g/mol. The zero-order chi connectivity index (χ0) is 13.5. The molecule has 1 saturated carbocycles. The van der Waals surface area contributed by atoms with Crippen molar-refractivity contribution in [3.05, 3.63) is 0 Å². The van der Waals surface area contributed by atoms with E-state index in [2.05, 4.69) is 0 Å². The Hall–Kier alpha value is -1.26. The third kappa shape index (κ3) is 2.31. The van der Waals surface area contributed by atoms with E-state index in [0.717, 1.165) is 19.3 Å². The maximum atomic E-state index is 12.2. The summed E-state index contributed by atoms with van der Waals surface area (Å²) in [7, 11) is 1.36. The summed E-state index contributed by atoms with van der Waals surface area (Å²) in [5, 5.41) is 0. The van der Waals surface area contributed by atoms with Crippen molar-refractivity contribution in [3.63, 3.8) is 0 Å². The Morgan fingerprint density at radius 3 is 2.44 bits per heavy atom. The number of hydrogen-bond donors (Lipinski definition) is 0. The van der Waals surface area contributed by atoms with E-state index >= 15 is 0 Å². The van der Waals surface area contributed by atoms with E-state index in [9.17, 15) is 9.59 Å².